The molecule has 0 heterocycles. The predicted molar refractivity (Wildman–Crippen MR) is 67.4 cm³/mol. The van der Waals surface area contributed by atoms with Crippen molar-refractivity contribution in [3.63, 3.8) is 0 Å². The Balaban J connectivity index is 2.58. The van der Waals surface area contributed by atoms with Gasteiger partial charge in [-0.05, 0) is 32.0 Å². The number of halogens is 1. The van der Waals surface area contributed by atoms with E-state index in [0.29, 0.717) is 5.69 Å². The molecule has 6 heteroatoms. The predicted octanol–water partition coefficient (Wildman–Crippen LogP) is 2.03. The van der Waals surface area contributed by atoms with Crippen LogP contribution in [-0.4, -0.2) is 24.6 Å². The van der Waals surface area contributed by atoms with Crippen LogP contribution < -0.4 is 5.73 Å². The number of hydrogen-bond donors (Lipinski definition) is 1. The number of carbonyl (C=O) groups is 2. The molecular weight excluding hydrogens is 258 g/mol. The third-order valence-corrected chi connectivity index (χ3v) is 2.21. The number of nitrogen functional groups attached to an aromatic ring is 1. The minimum absolute atomic E-state index is 0.156. The summed E-state index contributed by atoms with van der Waals surface area (Å²) in [6.07, 6.45) is -0.253. The Kier molecular flexibility index (Phi) is 4.97. The maximum Gasteiger partial charge on any atom is 0.344 e. The number of esters is 2. The maximum atomic E-state index is 11.6. The summed E-state index contributed by atoms with van der Waals surface area (Å²) in [6.45, 7) is 2.96. The fraction of sp³-hybridized carbons (Fsp3) is 0.333. The summed E-state index contributed by atoms with van der Waals surface area (Å²) in [5, 5.41) is 0.178. The normalized spacial score (nSPS) is 10.2. The Hall–Kier alpha value is -1.75. The summed E-state index contributed by atoms with van der Waals surface area (Å²) in [5.74, 6) is -1.30. The molecule has 0 atom stereocenters. The molecule has 0 aliphatic rings. The Bertz CT molecular complexity index is 459. The zero-order chi connectivity index (χ0) is 13.7. The molecule has 0 spiro atoms. The van der Waals surface area contributed by atoms with Crippen molar-refractivity contribution in [2.75, 3.05) is 12.3 Å². The Morgan fingerprint density at radius 1 is 1.39 bits per heavy atom. The highest BCUT2D eigenvalue weighted by Crippen LogP contribution is 2.19. The molecule has 0 bridgehead atoms. The van der Waals surface area contributed by atoms with E-state index in [4.69, 9.17) is 26.8 Å². The van der Waals surface area contributed by atoms with Crippen molar-refractivity contribution in [3.8, 4) is 0 Å². The van der Waals surface area contributed by atoms with Gasteiger partial charge in [-0.1, -0.05) is 11.6 Å². The molecule has 0 aromatic heterocycles. The number of nitrogens with two attached hydrogens (primary N) is 1. The lowest BCUT2D eigenvalue weighted by molar-refractivity contribution is -0.150. The summed E-state index contributed by atoms with van der Waals surface area (Å²) >= 11 is 5.83. The van der Waals surface area contributed by atoms with Gasteiger partial charge in [0.15, 0.2) is 6.61 Å². The molecular formula is C12H14ClNO4. The molecule has 0 aliphatic carbocycles. The lowest BCUT2D eigenvalue weighted by Gasteiger charge is -2.09. The van der Waals surface area contributed by atoms with E-state index >= 15 is 0 Å². The van der Waals surface area contributed by atoms with Gasteiger partial charge in [0.05, 0.1) is 16.7 Å². The average molecular weight is 272 g/mol. The number of rotatable bonds is 4. The zero-order valence-electron chi connectivity index (χ0n) is 10.1. The highest BCUT2D eigenvalue weighted by Gasteiger charge is 2.14. The molecule has 0 aliphatic heterocycles. The highest BCUT2D eigenvalue weighted by atomic mass is 35.5. The van der Waals surface area contributed by atoms with E-state index in [2.05, 4.69) is 0 Å². The third-order valence-electron chi connectivity index (χ3n) is 1.90. The molecule has 0 saturated carbocycles. The largest absolute Gasteiger partial charge is 0.460 e. The lowest BCUT2D eigenvalue weighted by Crippen LogP contribution is -2.19. The Morgan fingerprint density at radius 2 is 2.06 bits per heavy atom. The molecule has 0 fully saturated rings. The van der Waals surface area contributed by atoms with Crippen LogP contribution in [-0.2, 0) is 14.3 Å². The molecule has 5 nitrogen and oxygen atoms in total. The van der Waals surface area contributed by atoms with Crippen LogP contribution >= 0.6 is 11.6 Å². The van der Waals surface area contributed by atoms with Crippen molar-refractivity contribution in [1.29, 1.82) is 0 Å². The second-order valence-corrected chi connectivity index (χ2v) is 4.26. The zero-order valence-corrected chi connectivity index (χ0v) is 10.9. The van der Waals surface area contributed by atoms with Crippen molar-refractivity contribution in [2.45, 2.75) is 20.0 Å². The van der Waals surface area contributed by atoms with Crippen molar-refractivity contribution in [1.82, 2.24) is 0 Å². The Labute approximate surface area is 110 Å². The first-order chi connectivity index (χ1) is 8.40. The minimum Gasteiger partial charge on any atom is -0.460 e. The van der Waals surface area contributed by atoms with Crippen molar-refractivity contribution in [3.05, 3.63) is 28.8 Å². The van der Waals surface area contributed by atoms with E-state index < -0.39 is 18.5 Å². The van der Waals surface area contributed by atoms with Crippen LogP contribution in [0.1, 0.15) is 24.2 Å². The van der Waals surface area contributed by atoms with Crippen LogP contribution in [0.5, 0.6) is 0 Å². The molecule has 18 heavy (non-hydrogen) atoms. The van der Waals surface area contributed by atoms with Gasteiger partial charge < -0.3 is 15.2 Å². The number of carbonyl (C=O) groups excluding carboxylic acids is 2. The van der Waals surface area contributed by atoms with Gasteiger partial charge in [-0.25, -0.2) is 9.59 Å². The van der Waals surface area contributed by atoms with Gasteiger partial charge in [-0.2, -0.15) is 0 Å². The number of benzene rings is 1. The molecule has 0 saturated heterocycles. The number of ether oxygens (including phenoxy) is 2. The van der Waals surface area contributed by atoms with Gasteiger partial charge in [0.1, 0.15) is 0 Å². The van der Waals surface area contributed by atoms with Gasteiger partial charge in [0.25, 0.3) is 0 Å². The fourth-order valence-corrected chi connectivity index (χ4v) is 1.46. The standard InChI is InChI=1S/C12H14ClNO4/c1-7(2)18-11(15)6-17-12(16)9-4-3-8(14)5-10(9)13/h3-5,7H,6,14H2,1-2H3. The second-order valence-electron chi connectivity index (χ2n) is 3.85. The van der Waals surface area contributed by atoms with Crippen molar-refractivity contribution < 1.29 is 19.1 Å². The first-order valence-corrected chi connectivity index (χ1v) is 5.69. The van der Waals surface area contributed by atoms with E-state index in [9.17, 15) is 9.59 Å². The number of hydrogen-bond acceptors (Lipinski definition) is 5. The first-order valence-electron chi connectivity index (χ1n) is 5.31. The van der Waals surface area contributed by atoms with Gasteiger partial charge in [-0.3, -0.25) is 0 Å². The van der Waals surface area contributed by atoms with Gasteiger partial charge >= 0.3 is 11.9 Å². The molecule has 0 amide bonds. The second kappa shape index (κ2) is 6.26. The highest BCUT2D eigenvalue weighted by molar-refractivity contribution is 6.33. The summed E-state index contributed by atoms with van der Waals surface area (Å²) in [4.78, 5) is 22.8. The van der Waals surface area contributed by atoms with Crippen molar-refractivity contribution in [2.24, 2.45) is 0 Å². The summed E-state index contributed by atoms with van der Waals surface area (Å²) in [7, 11) is 0. The monoisotopic (exact) mass is 271 g/mol. The first kappa shape index (κ1) is 14.3. The van der Waals surface area contributed by atoms with Crippen LogP contribution in [0.3, 0.4) is 0 Å². The van der Waals surface area contributed by atoms with Crippen LogP contribution in [0, 0.1) is 0 Å². The quantitative estimate of drug-likeness (QED) is 0.670. The summed E-state index contributed by atoms with van der Waals surface area (Å²) in [5.41, 5.74) is 6.09. The van der Waals surface area contributed by atoms with E-state index in [0.717, 1.165) is 0 Å². The van der Waals surface area contributed by atoms with Crippen LogP contribution in [0.4, 0.5) is 5.69 Å². The van der Waals surface area contributed by atoms with E-state index in [1.54, 1.807) is 13.8 Å². The third kappa shape index (κ3) is 4.25. The lowest BCUT2D eigenvalue weighted by atomic mass is 10.2. The molecule has 98 valence electrons. The average Bonchev–Trinajstić information content (AvgIpc) is 2.25. The number of anilines is 1. The van der Waals surface area contributed by atoms with Crippen LogP contribution in [0.15, 0.2) is 18.2 Å². The maximum absolute atomic E-state index is 11.6. The molecule has 0 unspecified atom stereocenters. The molecule has 0 radical (unpaired) electrons. The SMILES string of the molecule is CC(C)OC(=O)COC(=O)c1ccc(N)cc1Cl. The summed E-state index contributed by atoms with van der Waals surface area (Å²) < 4.78 is 9.59. The molecule has 1 aromatic carbocycles. The summed E-state index contributed by atoms with van der Waals surface area (Å²) in [6, 6.07) is 4.40. The molecule has 1 rings (SSSR count). The minimum atomic E-state index is -0.694. The van der Waals surface area contributed by atoms with E-state index in [-0.39, 0.29) is 16.7 Å². The smallest absolute Gasteiger partial charge is 0.344 e. The van der Waals surface area contributed by atoms with Gasteiger partial charge in [0, 0.05) is 5.69 Å². The van der Waals surface area contributed by atoms with Crippen LogP contribution in [0.2, 0.25) is 5.02 Å². The van der Waals surface area contributed by atoms with E-state index in [1.165, 1.54) is 18.2 Å². The molecule has 1 aromatic rings. The molecule has 2 N–H and O–H groups in total. The Morgan fingerprint density at radius 3 is 2.61 bits per heavy atom. The topological polar surface area (TPSA) is 78.6 Å². The fourth-order valence-electron chi connectivity index (χ4n) is 1.20. The van der Waals surface area contributed by atoms with Gasteiger partial charge in [0.2, 0.25) is 0 Å². The van der Waals surface area contributed by atoms with E-state index in [1.807, 2.05) is 0 Å². The van der Waals surface area contributed by atoms with Crippen molar-refractivity contribution >= 4 is 29.2 Å². The van der Waals surface area contributed by atoms with Crippen LogP contribution in [0.25, 0.3) is 0 Å². The van der Waals surface area contributed by atoms with Gasteiger partial charge in [-0.15, -0.1) is 0 Å².